The van der Waals surface area contributed by atoms with Gasteiger partial charge < -0.3 is 5.32 Å². The number of nitrogens with one attached hydrogen (secondary N) is 1. The maximum absolute atomic E-state index is 13.3. The molecule has 0 aliphatic rings. The third-order valence-corrected chi connectivity index (χ3v) is 3.14. The molecule has 6 heteroatoms. The molecule has 1 aromatic heterocycles. The molecule has 0 spiro atoms. The summed E-state index contributed by atoms with van der Waals surface area (Å²) in [6, 6.07) is 8.25. The molecule has 1 heterocycles. The van der Waals surface area contributed by atoms with Crippen LogP contribution < -0.4 is 5.32 Å². The van der Waals surface area contributed by atoms with Gasteiger partial charge in [0.15, 0.2) is 0 Å². The van der Waals surface area contributed by atoms with Crippen molar-refractivity contribution in [3.05, 3.63) is 54.2 Å². The van der Waals surface area contributed by atoms with Crippen molar-refractivity contribution in [2.75, 3.05) is 11.1 Å². The van der Waals surface area contributed by atoms with Crippen LogP contribution in [-0.2, 0) is 4.79 Å². The zero-order valence-electron chi connectivity index (χ0n) is 9.77. The average molecular weight is 280 g/mol. The van der Waals surface area contributed by atoms with Gasteiger partial charge in [-0.1, -0.05) is 17.8 Å². The van der Waals surface area contributed by atoms with Gasteiger partial charge in [0.25, 0.3) is 0 Å². The summed E-state index contributed by atoms with van der Waals surface area (Å²) in [5, 5.41) is 3.01. The Labute approximate surface area is 113 Å². The second kappa shape index (κ2) is 6.29. The first-order valence-corrected chi connectivity index (χ1v) is 6.42. The number of pyridine rings is 1. The van der Waals surface area contributed by atoms with Crippen LogP contribution in [0.25, 0.3) is 0 Å². The number of halogens is 2. The minimum atomic E-state index is -0.669. The van der Waals surface area contributed by atoms with E-state index in [1.165, 1.54) is 11.8 Å². The van der Waals surface area contributed by atoms with E-state index in [-0.39, 0.29) is 11.4 Å². The van der Waals surface area contributed by atoms with Crippen LogP contribution in [0.3, 0.4) is 0 Å². The zero-order valence-corrected chi connectivity index (χ0v) is 10.6. The van der Waals surface area contributed by atoms with Gasteiger partial charge in [0.2, 0.25) is 5.91 Å². The molecule has 0 fully saturated rings. The number of amides is 1. The predicted molar refractivity (Wildman–Crippen MR) is 69.9 cm³/mol. The molecule has 0 bridgehead atoms. The first-order chi connectivity index (χ1) is 9.15. The lowest BCUT2D eigenvalue weighted by atomic mass is 10.3. The van der Waals surface area contributed by atoms with E-state index >= 15 is 0 Å². The summed E-state index contributed by atoms with van der Waals surface area (Å²) >= 11 is 1.22. The van der Waals surface area contributed by atoms with Gasteiger partial charge in [-0.05, 0) is 24.3 Å². The first kappa shape index (κ1) is 13.5. The van der Waals surface area contributed by atoms with Crippen LogP contribution in [0.4, 0.5) is 14.5 Å². The van der Waals surface area contributed by atoms with Crippen LogP contribution in [-0.4, -0.2) is 16.6 Å². The number of carbonyl (C=O) groups excluding carboxylic acids is 1. The molecule has 98 valence electrons. The lowest BCUT2D eigenvalue weighted by Gasteiger charge is -2.06. The number of rotatable bonds is 4. The molecule has 2 aromatic rings. The van der Waals surface area contributed by atoms with Crippen LogP contribution >= 0.6 is 11.8 Å². The maximum atomic E-state index is 13.3. The lowest BCUT2D eigenvalue weighted by molar-refractivity contribution is -0.113. The summed E-state index contributed by atoms with van der Waals surface area (Å²) in [6.45, 7) is 0. The summed E-state index contributed by atoms with van der Waals surface area (Å²) in [4.78, 5) is 15.6. The van der Waals surface area contributed by atoms with Crippen molar-refractivity contribution in [1.82, 2.24) is 4.98 Å². The molecule has 3 nitrogen and oxygen atoms in total. The monoisotopic (exact) mass is 280 g/mol. The molecule has 0 unspecified atom stereocenters. The maximum Gasteiger partial charge on any atom is 0.234 e. The Bertz CT molecular complexity index is 578. The number of benzene rings is 1. The van der Waals surface area contributed by atoms with Gasteiger partial charge in [0.05, 0.1) is 16.5 Å². The number of aromatic nitrogens is 1. The van der Waals surface area contributed by atoms with E-state index in [1.54, 1.807) is 24.4 Å². The van der Waals surface area contributed by atoms with E-state index in [0.717, 1.165) is 18.2 Å². The zero-order chi connectivity index (χ0) is 13.7. The highest BCUT2D eigenvalue weighted by molar-refractivity contribution is 7.99. The van der Waals surface area contributed by atoms with Crippen molar-refractivity contribution < 1.29 is 13.6 Å². The van der Waals surface area contributed by atoms with Crippen LogP contribution in [0.2, 0.25) is 0 Å². The number of hydrogen-bond acceptors (Lipinski definition) is 3. The number of hydrogen-bond donors (Lipinski definition) is 1. The molecule has 0 radical (unpaired) electrons. The third kappa shape index (κ3) is 4.03. The Morgan fingerprint density at radius 1 is 1.26 bits per heavy atom. The summed E-state index contributed by atoms with van der Waals surface area (Å²) in [7, 11) is 0. The summed E-state index contributed by atoms with van der Waals surface area (Å²) in [5.74, 6) is -1.61. The van der Waals surface area contributed by atoms with Gasteiger partial charge in [-0.3, -0.25) is 4.79 Å². The van der Waals surface area contributed by atoms with Crippen molar-refractivity contribution in [1.29, 1.82) is 0 Å². The Hall–Kier alpha value is -1.95. The van der Waals surface area contributed by atoms with Crippen molar-refractivity contribution in [3.63, 3.8) is 0 Å². The molecule has 0 aliphatic carbocycles. The molecule has 2 rings (SSSR count). The van der Waals surface area contributed by atoms with E-state index in [4.69, 9.17) is 0 Å². The van der Waals surface area contributed by atoms with Gasteiger partial charge in [-0.2, -0.15) is 0 Å². The molecule has 19 heavy (non-hydrogen) atoms. The van der Waals surface area contributed by atoms with E-state index in [1.807, 2.05) is 0 Å². The average Bonchev–Trinajstić information content (AvgIpc) is 2.42. The van der Waals surface area contributed by atoms with Crippen molar-refractivity contribution >= 4 is 23.4 Å². The fourth-order valence-corrected chi connectivity index (χ4v) is 2.01. The van der Waals surface area contributed by atoms with E-state index in [9.17, 15) is 13.6 Å². The van der Waals surface area contributed by atoms with Gasteiger partial charge in [-0.25, -0.2) is 13.8 Å². The van der Waals surface area contributed by atoms with Crippen LogP contribution in [0.15, 0.2) is 47.6 Å². The van der Waals surface area contributed by atoms with Crippen molar-refractivity contribution in [3.8, 4) is 0 Å². The normalized spacial score (nSPS) is 10.2. The molecular formula is C13H10F2N2OS. The van der Waals surface area contributed by atoms with Crippen molar-refractivity contribution in [2.24, 2.45) is 0 Å². The Balaban J connectivity index is 1.93. The highest BCUT2D eigenvalue weighted by Crippen LogP contribution is 2.17. The highest BCUT2D eigenvalue weighted by atomic mass is 32.2. The second-order valence-corrected chi connectivity index (χ2v) is 4.62. The quantitative estimate of drug-likeness (QED) is 0.875. The summed E-state index contributed by atoms with van der Waals surface area (Å²) < 4.78 is 26.2. The molecule has 0 atom stereocenters. The number of carbonyl (C=O) groups is 1. The van der Waals surface area contributed by atoms with Crippen LogP contribution in [0, 0.1) is 11.6 Å². The van der Waals surface area contributed by atoms with E-state index in [2.05, 4.69) is 10.3 Å². The third-order valence-electron chi connectivity index (χ3n) is 2.19. The lowest BCUT2D eigenvalue weighted by Crippen LogP contribution is -2.15. The number of thioether (sulfide) groups is 1. The SMILES string of the molecule is O=C(CSc1ccccn1)Nc1cc(F)ccc1F. The van der Waals surface area contributed by atoms with E-state index < -0.39 is 17.5 Å². The minimum absolute atomic E-state index is 0.0764. The minimum Gasteiger partial charge on any atom is -0.323 e. The fourth-order valence-electron chi connectivity index (χ4n) is 1.35. The van der Waals surface area contributed by atoms with Crippen LogP contribution in [0.5, 0.6) is 0 Å². The summed E-state index contributed by atoms with van der Waals surface area (Å²) in [5.41, 5.74) is -0.161. The Morgan fingerprint density at radius 2 is 2.11 bits per heavy atom. The Kier molecular flexibility index (Phi) is 4.46. The molecule has 0 saturated carbocycles. The number of anilines is 1. The fraction of sp³-hybridized carbons (Fsp3) is 0.0769. The Morgan fingerprint density at radius 3 is 2.84 bits per heavy atom. The topological polar surface area (TPSA) is 42.0 Å². The smallest absolute Gasteiger partial charge is 0.234 e. The van der Waals surface area contributed by atoms with Crippen molar-refractivity contribution in [2.45, 2.75) is 5.03 Å². The summed E-state index contributed by atoms with van der Waals surface area (Å²) in [6.07, 6.45) is 1.62. The van der Waals surface area contributed by atoms with Gasteiger partial charge >= 0.3 is 0 Å². The molecular weight excluding hydrogens is 270 g/mol. The highest BCUT2D eigenvalue weighted by Gasteiger charge is 2.08. The van der Waals surface area contributed by atoms with Gasteiger partial charge in [-0.15, -0.1) is 0 Å². The molecule has 0 aliphatic heterocycles. The van der Waals surface area contributed by atoms with Gasteiger partial charge in [0.1, 0.15) is 11.6 Å². The second-order valence-electron chi connectivity index (χ2n) is 3.63. The standard InChI is InChI=1S/C13H10F2N2OS/c14-9-4-5-10(15)11(7-9)17-12(18)8-19-13-3-1-2-6-16-13/h1-7H,8H2,(H,17,18). The van der Waals surface area contributed by atoms with Crippen LogP contribution in [0.1, 0.15) is 0 Å². The molecule has 0 saturated heterocycles. The molecule has 1 N–H and O–H groups in total. The first-order valence-electron chi connectivity index (χ1n) is 5.44. The molecule has 1 aromatic carbocycles. The largest absolute Gasteiger partial charge is 0.323 e. The molecule has 1 amide bonds. The number of nitrogens with zero attached hydrogens (tertiary/aromatic N) is 1. The van der Waals surface area contributed by atoms with E-state index in [0.29, 0.717) is 5.03 Å². The predicted octanol–water partition coefficient (Wildman–Crippen LogP) is 3.09. The van der Waals surface area contributed by atoms with Gasteiger partial charge in [0, 0.05) is 12.3 Å².